The Morgan fingerprint density at radius 2 is 1.55 bits per heavy atom. The highest BCUT2D eigenvalue weighted by atomic mass is 32.2. The third-order valence-electron chi connectivity index (χ3n) is 3.23. The SMILES string of the molecule is O=C1O[C@@H](c2ccccc2)[C@H](O)[C@@H]1Sc1ccccc1. The second kappa shape index (κ2) is 5.69. The first kappa shape index (κ1) is 13.2. The normalized spacial score (nSPS) is 25.4. The summed E-state index contributed by atoms with van der Waals surface area (Å²) in [7, 11) is 0. The lowest BCUT2D eigenvalue weighted by Gasteiger charge is -2.15. The van der Waals surface area contributed by atoms with Gasteiger partial charge >= 0.3 is 5.97 Å². The van der Waals surface area contributed by atoms with Gasteiger partial charge < -0.3 is 9.84 Å². The predicted molar refractivity (Wildman–Crippen MR) is 77.4 cm³/mol. The molecule has 1 fully saturated rings. The molecule has 0 unspecified atom stereocenters. The number of rotatable bonds is 3. The van der Waals surface area contributed by atoms with E-state index in [-0.39, 0.29) is 5.97 Å². The van der Waals surface area contributed by atoms with Crippen LogP contribution < -0.4 is 0 Å². The van der Waals surface area contributed by atoms with Gasteiger partial charge in [-0.15, -0.1) is 11.8 Å². The van der Waals surface area contributed by atoms with Gasteiger partial charge in [0, 0.05) is 4.90 Å². The molecule has 1 heterocycles. The van der Waals surface area contributed by atoms with Crippen LogP contribution in [0.15, 0.2) is 65.6 Å². The van der Waals surface area contributed by atoms with Crippen molar-refractivity contribution >= 4 is 17.7 Å². The number of carbonyl (C=O) groups is 1. The average molecular weight is 286 g/mol. The van der Waals surface area contributed by atoms with Crippen molar-refractivity contribution in [1.82, 2.24) is 0 Å². The highest BCUT2D eigenvalue weighted by Crippen LogP contribution is 2.38. The summed E-state index contributed by atoms with van der Waals surface area (Å²) in [4.78, 5) is 12.9. The molecule has 0 bridgehead atoms. The van der Waals surface area contributed by atoms with Gasteiger partial charge in [-0.2, -0.15) is 0 Å². The quantitative estimate of drug-likeness (QED) is 0.881. The zero-order valence-corrected chi connectivity index (χ0v) is 11.5. The monoisotopic (exact) mass is 286 g/mol. The Hall–Kier alpha value is -1.78. The van der Waals surface area contributed by atoms with Gasteiger partial charge in [0.15, 0.2) is 6.10 Å². The molecule has 1 saturated heterocycles. The van der Waals surface area contributed by atoms with E-state index >= 15 is 0 Å². The second-order valence-corrected chi connectivity index (χ2v) is 5.83. The van der Waals surface area contributed by atoms with Gasteiger partial charge in [0.1, 0.15) is 11.4 Å². The number of aliphatic hydroxyl groups is 1. The first-order chi connectivity index (χ1) is 9.75. The molecule has 3 atom stereocenters. The summed E-state index contributed by atoms with van der Waals surface area (Å²) in [6.07, 6.45) is -1.42. The van der Waals surface area contributed by atoms with Crippen molar-refractivity contribution in [2.45, 2.75) is 22.4 Å². The van der Waals surface area contributed by atoms with E-state index in [1.54, 1.807) is 0 Å². The molecule has 0 amide bonds. The van der Waals surface area contributed by atoms with Crippen molar-refractivity contribution in [3.63, 3.8) is 0 Å². The van der Waals surface area contributed by atoms with Crippen LogP contribution in [-0.4, -0.2) is 22.4 Å². The Morgan fingerprint density at radius 3 is 2.20 bits per heavy atom. The Kier molecular flexibility index (Phi) is 3.76. The van der Waals surface area contributed by atoms with Gasteiger partial charge in [0.05, 0.1) is 0 Å². The Balaban J connectivity index is 1.79. The summed E-state index contributed by atoms with van der Waals surface area (Å²) in [6.45, 7) is 0. The summed E-state index contributed by atoms with van der Waals surface area (Å²) in [5.74, 6) is -0.361. The first-order valence-electron chi connectivity index (χ1n) is 6.41. The van der Waals surface area contributed by atoms with Gasteiger partial charge in [-0.3, -0.25) is 4.79 Å². The van der Waals surface area contributed by atoms with E-state index in [2.05, 4.69) is 0 Å². The summed E-state index contributed by atoms with van der Waals surface area (Å²) in [5, 5.41) is 9.79. The number of hydrogen-bond donors (Lipinski definition) is 1. The standard InChI is InChI=1S/C16H14O3S/c17-13-14(11-7-3-1-4-8-11)19-16(18)15(13)20-12-9-5-2-6-10-12/h1-10,13-15,17H/t13-,14-,15-/m0/s1. The zero-order chi connectivity index (χ0) is 13.9. The molecule has 4 heteroatoms. The zero-order valence-electron chi connectivity index (χ0n) is 10.7. The lowest BCUT2D eigenvalue weighted by molar-refractivity contribution is -0.141. The number of hydrogen-bond acceptors (Lipinski definition) is 4. The summed E-state index contributed by atoms with van der Waals surface area (Å²) < 4.78 is 5.33. The van der Waals surface area contributed by atoms with Crippen molar-refractivity contribution in [2.24, 2.45) is 0 Å². The molecule has 2 aromatic carbocycles. The molecule has 20 heavy (non-hydrogen) atoms. The number of cyclic esters (lactones) is 1. The fourth-order valence-electron chi connectivity index (χ4n) is 2.23. The van der Waals surface area contributed by atoms with Crippen LogP contribution in [0.4, 0.5) is 0 Å². The van der Waals surface area contributed by atoms with Gasteiger partial charge in [-0.25, -0.2) is 0 Å². The van der Waals surface area contributed by atoms with E-state index in [0.29, 0.717) is 0 Å². The lowest BCUT2D eigenvalue weighted by atomic mass is 10.0. The number of esters is 1. The molecule has 3 nitrogen and oxygen atoms in total. The van der Waals surface area contributed by atoms with Crippen LogP contribution in [0.2, 0.25) is 0 Å². The van der Waals surface area contributed by atoms with Crippen molar-refractivity contribution in [3.05, 3.63) is 66.2 Å². The maximum absolute atomic E-state index is 12.0. The largest absolute Gasteiger partial charge is 0.454 e. The Morgan fingerprint density at radius 1 is 0.950 bits per heavy atom. The third-order valence-corrected chi connectivity index (χ3v) is 4.50. The maximum Gasteiger partial charge on any atom is 0.322 e. The molecule has 2 aromatic rings. The Bertz CT molecular complexity index is 585. The molecule has 1 aliphatic heterocycles. The molecule has 1 aliphatic rings. The topological polar surface area (TPSA) is 46.5 Å². The molecular formula is C16H14O3S. The van der Waals surface area contributed by atoms with Crippen LogP contribution in [0, 0.1) is 0 Å². The van der Waals surface area contributed by atoms with Crippen LogP contribution in [0.25, 0.3) is 0 Å². The fraction of sp³-hybridized carbons (Fsp3) is 0.188. The van der Waals surface area contributed by atoms with Gasteiger partial charge in [0.25, 0.3) is 0 Å². The van der Waals surface area contributed by atoms with E-state index in [0.717, 1.165) is 10.5 Å². The Labute approximate surface area is 121 Å². The van der Waals surface area contributed by atoms with E-state index in [9.17, 15) is 9.90 Å². The van der Waals surface area contributed by atoms with Crippen molar-refractivity contribution in [2.75, 3.05) is 0 Å². The maximum atomic E-state index is 12.0. The highest BCUT2D eigenvalue weighted by Gasteiger charge is 2.44. The third kappa shape index (κ3) is 2.57. The van der Waals surface area contributed by atoms with Crippen molar-refractivity contribution in [3.8, 4) is 0 Å². The van der Waals surface area contributed by atoms with E-state index in [1.807, 2.05) is 60.7 Å². The highest BCUT2D eigenvalue weighted by molar-refractivity contribution is 8.00. The number of thioether (sulfide) groups is 1. The summed E-state index contributed by atoms with van der Waals surface area (Å²) in [5.41, 5.74) is 0.824. The van der Waals surface area contributed by atoms with E-state index < -0.39 is 17.5 Å². The predicted octanol–water partition coefficient (Wildman–Crippen LogP) is 2.81. The molecular weight excluding hydrogens is 272 g/mol. The summed E-state index contributed by atoms with van der Waals surface area (Å²) in [6, 6.07) is 18.9. The van der Waals surface area contributed by atoms with Gasteiger partial charge in [0.2, 0.25) is 0 Å². The fourth-order valence-corrected chi connectivity index (χ4v) is 3.27. The molecule has 0 aliphatic carbocycles. The first-order valence-corrected chi connectivity index (χ1v) is 7.29. The number of benzene rings is 2. The van der Waals surface area contributed by atoms with Crippen LogP contribution in [0.5, 0.6) is 0 Å². The van der Waals surface area contributed by atoms with Gasteiger partial charge in [-0.05, 0) is 17.7 Å². The van der Waals surface area contributed by atoms with E-state index in [1.165, 1.54) is 11.8 Å². The smallest absolute Gasteiger partial charge is 0.322 e. The van der Waals surface area contributed by atoms with Gasteiger partial charge in [-0.1, -0.05) is 48.5 Å². The van der Waals surface area contributed by atoms with Crippen LogP contribution in [-0.2, 0) is 9.53 Å². The molecule has 0 aromatic heterocycles. The molecule has 3 rings (SSSR count). The molecule has 102 valence electrons. The minimum atomic E-state index is -0.838. The minimum Gasteiger partial charge on any atom is -0.454 e. The van der Waals surface area contributed by atoms with Crippen LogP contribution in [0.3, 0.4) is 0 Å². The lowest BCUT2D eigenvalue weighted by Crippen LogP contribution is -2.24. The average Bonchev–Trinajstić information content (AvgIpc) is 2.77. The molecule has 0 spiro atoms. The van der Waals surface area contributed by atoms with Crippen molar-refractivity contribution < 1.29 is 14.6 Å². The second-order valence-electron chi connectivity index (χ2n) is 4.61. The minimum absolute atomic E-state index is 0.361. The molecule has 0 saturated carbocycles. The number of carbonyl (C=O) groups excluding carboxylic acids is 1. The van der Waals surface area contributed by atoms with Crippen LogP contribution in [0.1, 0.15) is 11.7 Å². The molecule has 0 radical (unpaired) electrons. The number of ether oxygens (including phenoxy) is 1. The van der Waals surface area contributed by atoms with Crippen LogP contribution >= 0.6 is 11.8 Å². The van der Waals surface area contributed by atoms with Crippen molar-refractivity contribution in [1.29, 1.82) is 0 Å². The summed E-state index contributed by atoms with van der Waals surface area (Å²) >= 11 is 1.34. The number of aliphatic hydroxyl groups excluding tert-OH is 1. The molecule has 1 N–H and O–H groups in total. The van der Waals surface area contributed by atoms with E-state index in [4.69, 9.17) is 4.74 Å².